The molecular formula is C21H16BrNO4S. The highest BCUT2D eigenvalue weighted by Gasteiger charge is 2.34. The Hall–Kier alpha value is -2.69. The van der Waals surface area contributed by atoms with Gasteiger partial charge in [0.25, 0.3) is 11.1 Å². The molecular weight excluding hydrogens is 442 g/mol. The van der Waals surface area contributed by atoms with Crippen LogP contribution in [0.4, 0.5) is 4.79 Å². The zero-order valence-corrected chi connectivity index (χ0v) is 17.4. The first kappa shape index (κ1) is 20.1. The summed E-state index contributed by atoms with van der Waals surface area (Å²) >= 11 is 4.35. The molecule has 1 aliphatic heterocycles. The maximum atomic E-state index is 12.4. The van der Waals surface area contributed by atoms with Crippen LogP contribution in [0.25, 0.3) is 6.08 Å². The first-order valence-corrected chi connectivity index (χ1v) is 9.87. The van der Waals surface area contributed by atoms with Gasteiger partial charge in [-0.05, 0) is 41.1 Å². The number of thioether (sulfide) groups is 1. The number of rotatable bonds is 6. The lowest BCUT2D eigenvalue weighted by Crippen LogP contribution is -2.28. The van der Waals surface area contributed by atoms with Crippen molar-refractivity contribution in [3.8, 4) is 23.8 Å². The van der Waals surface area contributed by atoms with Crippen molar-refractivity contribution >= 4 is 44.9 Å². The predicted molar refractivity (Wildman–Crippen MR) is 113 cm³/mol. The van der Waals surface area contributed by atoms with Crippen molar-refractivity contribution in [3.63, 3.8) is 0 Å². The van der Waals surface area contributed by atoms with Gasteiger partial charge in [0.15, 0.2) is 11.5 Å². The van der Waals surface area contributed by atoms with Crippen LogP contribution in [0.1, 0.15) is 11.1 Å². The van der Waals surface area contributed by atoms with Crippen LogP contribution >= 0.6 is 27.7 Å². The zero-order chi connectivity index (χ0) is 20.1. The number of carbonyl (C=O) groups excluding carboxylic acids is 2. The van der Waals surface area contributed by atoms with Crippen molar-refractivity contribution in [2.75, 3.05) is 13.7 Å². The highest BCUT2D eigenvalue weighted by Crippen LogP contribution is 2.38. The molecule has 0 spiro atoms. The van der Waals surface area contributed by atoms with Crippen molar-refractivity contribution in [2.24, 2.45) is 0 Å². The van der Waals surface area contributed by atoms with Gasteiger partial charge in [0.2, 0.25) is 0 Å². The summed E-state index contributed by atoms with van der Waals surface area (Å²) in [6.07, 6.45) is 6.85. The zero-order valence-electron chi connectivity index (χ0n) is 15.0. The summed E-state index contributed by atoms with van der Waals surface area (Å²) in [6.45, 7) is 0.354. The molecule has 0 atom stereocenters. The number of halogens is 1. The standard InChI is InChI=1S/C21H16BrNO4S/c1-3-9-23-20(24)19(28-21(23)25)11-15-10-17(26-2)18(12-16(15)22)27-13-14-7-5-4-6-8-14/h1,4-8,10-12H,9,13H2,2H3/b19-11+. The second-order valence-corrected chi connectivity index (χ2v) is 7.62. The van der Waals surface area contributed by atoms with Gasteiger partial charge in [0.1, 0.15) is 6.61 Å². The van der Waals surface area contributed by atoms with E-state index >= 15 is 0 Å². The molecule has 2 aromatic carbocycles. The number of methoxy groups -OCH3 is 1. The van der Waals surface area contributed by atoms with Crippen LogP contribution in [-0.4, -0.2) is 29.7 Å². The van der Waals surface area contributed by atoms with E-state index in [9.17, 15) is 9.59 Å². The van der Waals surface area contributed by atoms with E-state index in [-0.39, 0.29) is 11.8 Å². The third-order valence-corrected chi connectivity index (χ3v) is 5.52. The largest absolute Gasteiger partial charge is 0.493 e. The number of hydrogen-bond acceptors (Lipinski definition) is 5. The SMILES string of the molecule is C#CCN1C(=O)S/C(=C/c2cc(OC)c(OCc3ccccc3)cc2Br)C1=O. The minimum atomic E-state index is -0.400. The minimum Gasteiger partial charge on any atom is -0.493 e. The monoisotopic (exact) mass is 457 g/mol. The molecule has 2 amide bonds. The Morgan fingerprint density at radius 3 is 2.64 bits per heavy atom. The van der Waals surface area contributed by atoms with Crippen molar-refractivity contribution < 1.29 is 19.1 Å². The fraction of sp³-hybridized carbons (Fsp3) is 0.143. The van der Waals surface area contributed by atoms with E-state index in [0.717, 1.165) is 22.2 Å². The molecule has 0 bridgehead atoms. The molecule has 5 nitrogen and oxygen atoms in total. The van der Waals surface area contributed by atoms with Gasteiger partial charge >= 0.3 is 0 Å². The number of ether oxygens (including phenoxy) is 2. The van der Waals surface area contributed by atoms with Crippen LogP contribution < -0.4 is 9.47 Å². The average Bonchev–Trinajstić information content (AvgIpc) is 2.96. The Kier molecular flexibility index (Phi) is 6.45. The topological polar surface area (TPSA) is 55.8 Å². The van der Waals surface area contributed by atoms with E-state index in [1.807, 2.05) is 30.3 Å². The van der Waals surface area contributed by atoms with E-state index in [2.05, 4.69) is 21.9 Å². The number of amides is 2. The lowest BCUT2D eigenvalue weighted by atomic mass is 10.1. The van der Waals surface area contributed by atoms with E-state index in [1.165, 1.54) is 0 Å². The number of hydrogen-bond donors (Lipinski definition) is 0. The van der Waals surface area contributed by atoms with Gasteiger partial charge in [-0.2, -0.15) is 0 Å². The van der Waals surface area contributed by atoms with Gasteiger partial charge in [-0.1, -0.05) is 52.2 Å². The second-order valence-electron chi connectivity index (χ2n) is 5.77. The molecule has 0 radical (unpaired) electrons. The first-order chi connectivity index (χ1) is 13.5. The number of nitrogens with zero attached hydrogens (tertiary/aromatic N) is 1. The summed E-state index contributed by atoms with van der Waals surface area (Å²) in [4.78, 5) is 25.6. The first-order valence-electron chi connectivity index (χ1n) is 8.26. The van der Waals surface area contributed by atoms with Crippen molar-refractivity contribution in [1.82, 2.24) is 4.90 Å². The molecule has 3 rings (SSSR count). The Balaban J connectivity index is 1.84. The van der Waals surface area contributed by atoms with Crippen LogP contribution in [0, 0.1) is 12.3 Å². The number of imide groups is 1. The number of terminal acetylenes is 1. The summed E-state index contributed by atoms with van der Waals surface area (Å²) in [5.41, 5.74) is 1.72. The molecule has 0 aliphatic carbocycles. The summed E-state index contributed by atoms with van der Waals surface area (Å²) in [6, 6.07) is 13.3. The van der Waals surface area contributed by atoms with E-state index in [1.54, 1.807) is 25.3 Å². The van der Waals surface area contributed by atoms with Crippen LogP contribution in [0.5, 0.6) is 11.5 Å². The molecule has 0 aromatic heterocycles. The quantitative estimate of drug-likeness (QED) is 0.464. The number of carbonyl (C=O) groups is 2. The summed E-state index contributed by atoms with van der Waals surface area (Å²) < 4.78 is 12.0. The summed E-state index contributed by atoms with van der Waals surface area (Å²) in [7, 11) is 1.54. The average molecular weight is 458 g/mol. The summed E-state index contributed by atoms with van der Waals surface area (Å²) in [5.74, 6) is 3.00. The van der Waals surface area contributed by atoms with E-state index in [0.29, 0.717) is 33.0 Å². The maximum Gasteiger partial charge on any atom is 0.294 e. The van der Waals surface area contributed by atoms with Crippen LogP contribution in [0.3, 0.4) is 0 Å². The fourth-order valence-electron chi connectivity index (χ4n) is 2.54. The highest BCUT2D eigenvalue weighted by atomic mass is 79.9. The molecule has 1 aliphatic rings. The van der Waals surface area contributed by atoms with Gasteiger partial charge in [0, 0.05) is 4.47 Å². The van der Waals surface area contributed by atoms with Crippen molar-refractivity contribution in [3.05, 3.63) is 63.0 Å². The van der Waals surface area contributed by atoms with Gasteiger partial charge in [-0.25, -0.2) is 0 Å². The molecule has 1 saturated heterocycles. The van der Waals surface area contributed by atoms with Crippen LogP contribution in [0.2, 0.25) is 0 Å². The predicted octanol–water partition coefficient (Wildman–Crippen LogP) is 4.71. The third kappa shape index (κ3) is 4.41. The fourth-order valence-corrected chi connectivity index (χ4v) is 3.80. The van der Waals surface area contributed by atoms with Crippen LogP contribution in [0.15, 0.2) is 51.8 Å². The molecule has 2 aromatic rings. The summed E-state index contributed by atoms with van der Waals surface area (Å²) in [5, 5.41) is -0.375. The van der Waals surface area contributed by atoms with E-state index < -0.39 is 5.91 Å². The smallest absolute Gasteiger partial charge is 0.294 e. The number of benzene rings is 2. The minimum absolute atomic E-state index is 0.0429. The Morgan fingerprint density at radius 2 is 1.96 bits per heavy atom. The Morgan fingerprint density at radius 1 is 1.21 bits per heavy atom. The molecule has 0 N–H and O–H groups in total. The Bertz CT molecular complexity index is 982. The lowest BCUT2D eigenvalue weighted by Gasteiger charge is -2.13. The molecule has 7 heteroatoms. The molecule has 0 unspecified atom stereocenters. The molecule has 28 heavy (non-hydrogen) atoms. The van der Waals surface area contributed by atoms with Crippen molar-refractivity contribution in [1.29, 1.82) is 0 Å². The van der Waals surface area contributed by atoms with Gasteiger partial charge in [0.05, 0.1) is 18.6 Å². The van der Waals surface area contributed by atoms with Gasteiger partial charge < -0.3 is 9.47 Å². The molecule has 1 heterocycles. The molecule has 1 fully saturated rings. The van der Waals surface area contributed by atoms with E-state index in [4.69, 9.17) is 15.9 Å². The normalized spacial score (nSPS) is 15.0. The molecule has 142 valence electrons. The third-order valence-electron chi connectivity index (χ3n) is 3.93. The molecule has 0 saturated carbocycles. The Labute approximate surface area is 175 Å². The van der Waals surface area contributed by atoms with Gasteiger partial charge in [-0.3, -0.25) is 14.5 Å². The maximum absolute atomic E-state index is 12.4. The lowest BCUT2D eigenvalue weighted by molar-refractivity contribution is -0.122. The highest BCUT2D eigenvalue weighted by molar-refractivity contribution is 9.10. The van der Waals surface area contributed by atoms with Gasteiger partial charge in [-0.15, -0.1) is 6.42 Å². The second kappa shape index (κ2) is 9.00. The van der Waals surface area contributed by atoms with Crippen molar-refractivity contribution in [2.45, 2.75) is 6.61 Å². The van der Waals surface area contributed by atoms with Crippen LogP contribution in [-0.2, 0) is 11.4 Å².